The van der Waals surface area contributed by atoms with Gasteiger partial charge in [0.1, 0.15) is 23.7 Å². The smallest absolute Gasteiger partial charge is 0.290 e. The molecule has 0 atom stereocenters. The first-order valence-electron chi connectivity index (χ1n) is 8.12. The Bertz CT molecular complexity index is 1120. The maximum atomic E-state index is 12.5. The van der Waals surface area contributed by atoms with Gasteiger partial charge in [-0.15, -0.1) is 0 Å². The number of aromatic nitrogens is 2. The van der Waals surface area contributed by atoms with Crippen LogP contribution < -0.4 is 10.2 Å². The van der Waals surface area contributed by atoms with Crippen LogP contribution in [0, 0.1) is 6.92 Å². The monoisotopic (exact) mass is 400 g/mol. The maximum absolute atomic E-state index is 12.5. The average Bonchev–Trinajstić information content (AvgIpc) is 2.97. The van der Waals surface area contributed by atoms with Crippen molar-refractivity contribution in [3.05, 3.63) is 69.1 Å². The molecule has 0 aliphatic carbocycles. The van der Waals surface area contributed by atoms with Gasteiger partial charge in [0.2, 0.25) is 0 Å². The van der Waals surface area contributed by atoms with Crippen molar-refractivity contribution < 1.29 is 9.53 Å². The zero-order valence-electron chi connectivity index (χ0n) is 14.2. The first-order chi connectivity index (χ1) is 13.0. The molecule has 0 fully saturated rings. The number of amides is 1. The molecule has 1 aliphatic heterocycles. The Balaban J connectivity index is 1.53. The quantitative estimate of drug-likeness (QED) is 0.530. The Labute approximate surface area is 165 Å². The predicted octanol–water partition coefficient (Wildman–Crippen LogP) is 4.14. The molecule has 3 aromatic rings. The molecule has 0 bridgehead atoms. The lowest BCUT2D eigenvalue weighted by Gasteiger charge is -2.17. The molecule has 0 unspecified atom stereocenters. The average molecular weight is 401 g/mol. The number of carbonyl (C=O) groups is 1. The third-order valence-corrected chi connectivity index (χ3v) is 4.58. The van der Waals surface area contributed by atoms with Gasteiger partial charge in [-0.1, -0.05) is 29.3 Å². The fraction of sp³-hybridized carbons (Fsp3) is 0.105. The van der Waals surface area contributed by atoms with E-state index in [0.29, 0.717) is 39.4 Å². The highest BCUT2D eigenvalue weighted by atomic mass is 35.5. The van der Waals surface area contributed by atoms with E-state index in [1.165, 1.54) is 6.21 Å². The van der Waals surface area contributed by atoms with Crippen LogP contribution in [0.3, 0.4) is 0 Å². The minimum atomic E-state index is -0.341. The highest BCUT2D eigenvalue weighted by molar-refractivity contribution is 6.36. The van der Waals surface area contributed by atoms with Crippen molar-refractivity contribution in [2.75, 3.05) is 6.61 Å². The van der Waals surface area contributed by atoms with Crippen molar-refractivity contribution in [2.45, 2.75) is 6.92 Å². The van der Waals surface area contributed by atoms with Crippen LogP contribution in [0.15, 0.2) is 47.2 Å². The Kier molecular flexibility index (Phi) is 4.59. The molecule has 6 nitrogen and oxygen atoms in total. The maximum Gasteiger partial charge on any atom is 0.290 e. The lowest BCUT2D eigenvalue weighted by atomic mass is 10.1. The number of fused-ring (bicyclic) bond motifs is 2. The zero-order chi connectivity index (χ0) is 19.0. The Morgan fingerprint density at radius 3 is 3.07 bits per heavy atom. The Morgan fingerprint density at radius 1 is 1.37 bits per heavy atom. The fourth-order valence-corrected chi connectivity index (χ4v) is 3.49. The van der Waals surface area contributed by atoms with Crippen LogP contribution in [0.5, 0.6) is 5.75 Å². The Hall–Kier alpha value is -2.83. The molecule has 8 heteroatoms. The molecule has 4 rings (SSSR count). The second-order valence-corrected chi connectivity index (χ2v) is 6.83. The van der Waals surface area contributed by atoms with E-state index in [4.69, 9.17) is 27.9 Å². The number of benzene rings is 1. The van der Waals surface area contributed by atoms with Gasteiger partial charge in [-0.3, -0.25) is 9.20 Å². The first kappa shape index (κ1) is 17.6. The fourth-order valence-electron chi connectivity index (χ4n) is 2.93. The van der Waals surface area contributed by atoms with Gasteiger partial charge in [-0.25, -0.2) is 10.4 Å². The summed E-state index contributed by atoms with van der Waals surface area (Å²) in [6.07, 6.45) is 5.19. The number of hydrazone groups is 1. The molecule has 1 aromatic carbocycles. The number of halogens is 2. The van der Waals surface area contributed by atoms with Gasteiger partial charge in [0.15, 0.2) is 0 Å². The zero-order valence-corrected chi connectivity index (χ0v) is 15.8. The van der Waals surface area contributed by atoms with Crippen LogP contribution >= 0.6 is 23.2 Å². The summed E-state index contributed by atoms with van der Waals surface area (Å²) in [5.74, 6) is 0.245. The summed E-state index contributed by atoms with van der Waals surface area (Å²) in [6.45, 7) is 2.08. The van der Waals surface area contributed by atoms with Crippen molar-refractivity contribution in [1.82, 2.24) is 14.8 Å². The van der Waals surface area contributed by atoms with E-state index in [0.717, 1.165) is 11.1 Å². The lowest BCUT2D eigenvalue weighted by molar-refractivity contribution is 0.0948. The third kappa shape index (κ3) is 3.41. The summed E-state index contributed by atoms with van der Waals surface area (Å²) in [5.41, 5.74) is 5.86. The predicted molar refractivity (Wildman–Crippen MR) is 106 cm³/mol. The highest BCUT2D eigenvalue weighted by Crippen LogP contribution is 2.36. The molecule has 0 saturated heterocycles. The second-order valence-electron chi connectivity index (χ2n) is 5.99. The molecular formula is C19H14Cl2N4O2. The number of nitrogens with zero attached hydrogens (tertiary/aromatic N) is 3. The third-order valence-electron chi connectivity index (χ3n) is 4.08. The van der Waals surface area contributed by atoms with Crippen LogP contribution in [-0.4, -0.2) is 28.1 Å². The van der Waals surface area contributed by atoms with Crippen molar-refractivity contribution in [3.8, 4) is 5.75 Å². The van der Waals surface area contributed by atoms with E-state index in [2.05, 4.69) is 15.5 Å². The molecule has 0 spiro atoms. The SMILES string of the molecule is Cc1nc2ccccn2c1C(=O)N/N=C/C1=Cc2cc(Cl)cc(Cl)c2OC1. The van der Waals surface area contributed by atoms with E-state index in [1.807, 2.05) is 24.3 Å². The van der Waals surface area contributed by atoms with Crippen LogP contribution in [-0.2, 0) is 0 Å². The molecule has 3 heterocycles. The molecule has 1 aliphatic rings. The van der Waals surface area contributed by atoms with Crippen molar-refractivity contribution in [3.63, 3.8) is 0 Å². The summed E-state index contributed by atoms with van der Waals surface area (Å²) >= 11 is 12.2. The highest BCUT2D eigenvalue weighted by Gasteiger charge is 2.17. The van der Waals surface area contributed by atoms with Crippen LogP contribution in [0.1, 0.15) is 21.7 Å². The number of hydrogen-bond acceptors (Lipinski definition) is 4. The van der Waals surface area contributed by atoms with Gasteiger partial charge in [-0.05, 0) is 37.3 Å². The van der Waals surface area contributed by atoms with Gasteiger partial charge in [0, 0.05) is 22.4 Å². The largest absolute Gasteiger partial charge is 0.487 e. The standard InChI is InChI=1S/C19H14Cl2N4O2/c1-11-17(25-5-3-2-4-16(25)23-11)19(26)24-22-9-12-6-13-7-14(20)8-15(21)18(13)27-10-12/h2-9H,10H2,1H3,(H,24,26)/b22-9+. The van der Waals surface area contributed by atoms with Crippen LogP contribution in [0.4, 0.5) is 0 Å². The number of ether oxygens (including phenoxy) is 1. The number of imidazole rings is 1. The summed E-state index contributed by atoms with van der Waals surface area (Å²) in [6, 6.07) is 8.94. The van der Waals surface area contributed by atoms with Crippen molar-refractivity contribution in [2.24, 2.45) is 5.10 Å². The minimum Gasteiger partial charge on any atom is -0.487 e. The van der Waals surface area contributed by atoms with Crippen molar-refractivity contribution >= 4 is 47.0 Å². The normalized spacial score (nSPS) is 13.4. The second kappa shape index (κ2) is 7.06. The molecule has 0 saturated carbocycles. The molecule has 27 heavy (non-hydrogen) atoms. The number of pyridine rings is 1. The molecule has 136 valence electrons. The van der Waals surface area contributed by atoms with Gasteiger partial charge in [0.25, 0.3) is 5.91 Å². The summed E-state index contributed by atoms with van der Waals surface area (Å²) in [4.78, 5) is 16.9. The van der Waals surface area contributed by atoms with Gasteiger partial charge in [0.05, 0.1) is 16.9 Å². The van der Waals surface area contributed by atoms with Crippen LogP contribution in [0.25, 0.3) is 11.7 Å². The topological polar surface area (TPSA) is 68.0 Å². The summed E-state index contributed by atoms with van der Waals surface area (Å²) in [7, 11) is 0. The van der Waals surface area contributed by atoms with Gasteiger partial charge < -0.3 is 4.74 Å². The summed E-state index contributed by atoms with van der Waals surface area (Å²) in [5, 5.41) is 5.02. The number of nitrogens with one attached hydrogen (secondary N) is 1. The summed E-state index contributed by atoms with van der Waals surface area (Å²) < 4.78 is 7.38. The number of aryl methyl sites for hydroxylation is 1. The molecular weight excluding hydrogens is 387 g/mol. The van der Waals surface area contributed by atoms with E-state index in [1.54, 1.807) is 29.7 Å². The number of carbonyl (C=O) groups excluding carboxylic acids is 1. The number of rotatable bonds is 3. The van der Waals surface area contributed by atoms with Gasteiger partial charge >= 0.3 is 0 Å². The van der Waals surface area contributed by atoms with Crippen molar-refractivity contribution in [1.29, 1.82) is 0 Å². The molecule has 1 N–H and O–H groups in total. The van der Waals surface area contributed by atoms with Crippen LogP contribution in [0.2, 0.25) is 10.0 Å². The lowest BCUT2D eigenvalue weighted by Crippen LogP contribution is -2.21. The first-order valence-corrected chi connectivity index (χ1v) is 8.88. The van der Waals surface area contributed by atoms with E-state index in [-0.39, 0.29) is 5.91 Å². The minimum absolute atomic E-state index is 0.294. The van der Waals surface area contributed by atoms with E-state index >= 15 is 0 Å². The molecule has 2 aromatic heterocycles. The molecule has 1 amide bonds. The van der Waals surface area contributed by atoms with Gasteiger partial charge in [-0.2, -0.15) is 5.10 Å². The number of hydrogen-bond donors (Lipinski definition) is 1. The molecule has 0 radical (unpaired) electrons. The van der Waals surface area contributed by atoms with E-state index < -0.39 is 0 Å². The Morgan fingerprint density at radius 2 is 2.22 bits per heavy atom. The van der Waals surface area contributed by atoms with E-state index in [9.17, 15) is 4.79 Å².